The largest absolute Gasteiger partial charge is 1.00 e. The predicted octanol–water partition coefficient (Wildman–Crippen LogP) is -8.95. The van der Waals surface area contributed by atoms with Crippen LogP contribution in [-0.4, -0.2) is 31.1 Å². The molecule has 0 fully saturated rings. The van der Waals surface area contributed by atoms with E-state index in [0.29, 0.717) is 0 Å². The van der Waals surface area contributed by atoms with Crippen molar-refractivity contribution >= 4 is 38.1 Å². The zero-order valence-corrected chi connectivity index (χ0v) is 14.6. The van der Waals surface area contributed by atoms with Gasteiger partial charge in [0, 0.05) is 0 Å². The molecule has 16 heavy (non-hydrogen) atoms. The number of rotatable bonds is 3. The van der Waals surface area contributed by atoms with Gasteiger partial charge in [-0.3, -0.25) is 0 Å². The minimum Gasteiger partial charge on any atom is -0.724 e. The van der Waals surface area contributed by atoms with Crippen molar-refractivity contribution in [1.29, 1.82) is 0 Å². The fourth-order valence-electron chi connectivity index (χ4n) is 0.0680. The molecule has 0 aromatic heterocycles. The van der Waals surface area contributed by atoms with Gasteiger partial charge in [-0.25, -0.2) is 16.8 Å². The van der Waals surface area contributed by atoms with Gasteiger partial charge in [0.15, 0.2) is 5.11 Å². The number of hydrogen-bond donors (Lipinski definition) is 2. The van der Waals surface area contributed by atoms with Crippen molar-refractivity contribution in [3.63, 3.8) is 0 Å². The van der Waals surface area contributed by atoms with Gasteiger partial charge in [0.25, 0.3) is 0 Å². The normalized spacial score (nSPS) is 9.88. The Morgan fingerprint density at radius 2 is 1.06 bits per heavy atom. The van der Waals surface area contributed by atoms with Crippen LogP contribution in [0.5, 0.6) is 0 Å². The van der Waals surface area contributed by atoms with E-state index in [1.807, 2.05) is 0 Å². The van der Waals surface area contributed by atoms with E-state index in [1.54, 1.807) is 0 Å². The SMILES string of the molecule is NC(N)=S.O=S(=O)([O-])OOS(=O)(=O)[O-].[Na+].[Na+]. The third-order valence-corrected chi connectivity index (χ3v) is 0.750. The van der Waals surface area contributed by atoms with Crippen molar-refractivity contribution in [3.8, 4) is 0 Å². The molecule has 0 spiro atoms. The molecule has 15 heteroatoms. The average Bonchev–Trinajstić information content (AvgIpc) is 1.79. The second kappa shape index (κ2) is 11.5. The first-order valence-electron chi connectivity index (χ1n) is 2.28. The van der Waals surface area contributed by atoms with Gasteiger partial charge >= 0.3 is 59.1 Å². The molecule has 0 atom stereocenters. The Labute approximate surface area is 141 Å². The Balaban J connectivity index is -0.000000105. The molecule has 0 aromatic rings. The topological polar surface area (TPSA) is 185 Å². The van der Waals surface area contributed by atoms with E-state index in [9.17, 15) is 25.9 Å². The molecule has 0 amide bonds. The number of hydrogen-bond acceptors (Lipinski definition) is 9. The van der Waals surface area contributed by atoms with Crippen molar-refractivity contribution in [2.75, 3.05) is 0 Å². The molecule has 0 heterocycles. The Bertz CT molecular complexity index is 338. The van der Waals surface area contributed by atoms with Crippen molar-refractivity contribution in [2.45, 2.75) is 0 Å². The van der Waals surface area contributed by atoms with E-state index in [0.717, 1.165) is 0 Å². The van der Waals surface area contributed by atoms with Gasteiger partial charge in [-0.15, -0.1) is 8.67 Å². The molecule has 0 saturated heterocycles. The van der Waals surface area contributed by atoms with Crippen molar-refractivity contribution in [1.82, 2.24) is 0 Å². The zero-order valence-electron chi connectivity index (χ0n) is 8.15. The summed E-state index contributed by atoms with van der Waals surface area (Å²) in [6.45, 7) is 0. The van der Waals surface area contributed by atoms with E-state index in [1.165, 1.54) is 0 Å². The smallest absolute Gasteiger partial charge is 0.724 e. The maximum atomic E-state index is 9.37. The Hall–Kier alpha value is 1.43. The van der Waals surface area contributed by atoms with Crippen LogP contribution in [-0.2, 0) is 29.5 Å². The molecule has 0 bridgehead atoms. The van der Waals surface area contributed by atoms with Gasteiger partial charge in [-0.1, -0.05) is 0 Å². The van der Waals surface area contributed by atoms with Crippen LogP contribution in [0.1, 0.15) is 0 Å². The summed E-state index contributed by atoms with van der Waals surface area (Å²) in [6.07, 6.45) is 0. The van der Waals surface area contributed by atoms with Crippen LogP contribution in [0.4, 0.5) is 0 Å². The Morgan fingerprint density at radius 3 is 1.12 bits per heavy atom. The summed E-state index contributed by atoms with van der Waals surface area (Å²) in [5.74, 6) is 0. The molecular formula is CH4N2Na2O8S3. The van der Waals surface area contributed by atoms with E-state index in [-0.39, 0.29) is 64.2 Å². The van der Waals surface area contributed by atoms with Crippen molar-refractivity contribution in [3.05, 3.63) is 0 Å². The third-order valence-electron chi connectivity index (χ3n) is 0.194. The number of thiocarbonyl (C=S) groups is 1. The average molecular weight is 314 g/mol. The van der Waals surface area contributed by atoms with Gasteiger partial charge in [-0.2, -0.15) is 0 Å². The summed E-state index contributed by atoms with van der Waals surface area (Å²) < 4.78 is 61.5. The first-order valence-corrected chi connectivity index (χ1v) is 5.36. The van der Waals surface area contributed by atoms with E-state index in [2.05, 4.69) is 32.4 Å². The molecule has 0 saturated carbocycles. The summed E-state index contributed by atoms with van der Waals surface area (Å²) >= 11 is 4.09. The van der Waals surface area contributed by atoms with Crippen LogP contribution in [0, 0.1) is 0 Å². The number of nitrogens with two attached hydrogens (primary N) is 2. The van der Waals surface area contributed by atoms with Gasteiger partial charge < -0.3 is 20.6 Å². The minimum atomic E-state index is -5.31. The third kappa shape index (κ3) is 45.2. The summed E-state index contributed by atoms with van der Waals surface area (Å²) in [7, 11) is -10.6. The molecule has 4 N–H and O–H groups in total. The summed E-state index contributed by atoms with van der Waals surface area (Å²) in [6, 6.07) is 0. The fourth-order valence-corrected chi connectivity index (χ4v) is 0.612. The Kier molecular flexibility index (Phi) is 18.8. The molecular weight excluding hydrogens is 310 g/mol. The van der Waals surface area contributed by atoms with Gasteiger partial charge in [0.2, 0.25) is 20.8 Å². The minimum absolute atomic E-state index is 0. The molecule has 10 nitrogen and oxygen atoms in total. The van der Waals surface area contributed by atoms with Crippen molar-refractivity contribution < 1.29 is 93.7 Å². The molecule has 0 aliphatic heterocycles. The standard InChI is InChI=1S/CH4N2S.2Na.H2O8S2/c2-1(3)4;;;1-9(2,3)7-8-10(4,5)6/h(H4,2,3,4);;;(H,1,2,3)(H,4,5,6)/q;2*+1;/p-2. The zero-order chi connectivity index (χ0) is 12.0. The van der Waals surface area contributed by atoms with Crippen LogP contribution in [0.3, 0.4) is 0 Å². The van der Waals surface area contributed by atoms with E-state index in [4.69, 9.17) is 0 Å². The predicted molar refractivity (Wildman–Crippen MR) is 42.5 cm³/mol. The van der Waals surface area contributed by atoms with Gasteiger partial charge in [0.1, 0.15) is 0 Å². The second-order valence-electron chi connectivity index (χ2n) is 1.35. The second-order valence-corrected chi connectivity index (χ2v) is 3.73. The molecule has 0 aliphatic carbocycles. The molecule has 86 valence electrons. The van der Waals surface area contributed by atoms with Crippen LogP contribution in [0.25, 0.3) is 0 Å². The summed E-state index contributed by atoms with van der Waals surface area (Å²) in [5.41, 5.74) is 9.24. The maximum absolute atomic E-state index is 9.37. The molecule has 0 aliphatic rings. The maximum Gasteiger partial charge on any atom is 1.00 e. The van der Waals surface area contributed by atoms with Crippen molar-refractivity contribution in [2.24, 2.45) is 11.5 Å². The van der Waals surface area contributed by atoms with Crippen LogP contribution in [0.2, 0.25) is 0 Å². The monoisotopic (exact) mass is 314 g/mol. The van der Waals surface area contributed by atoms with Crippen LogP contribution >= 0.6 is 12.2 Å². The molecule has 0 rings (SSSR count). The fraction of sp³-hybridized carbons (Fsp3) is 0. The quantitative estimate of drug-likeness (QED) is 0.126. The van der Waals surface area contributed by atoms with Crippen LogP contribution in [0.15, 0.2) is 0 Å². The summed E-state index contributed by atoms with van der Waals surface area (Å²) in [5, 5.41) is 0.000000000000000222. The first kappa shape index (κ1) is 26.1. The Morgan fingerprint density at radius 1 is 0.938 bits per heavy atom. The molecule has 0 aromatic carbocycles. The van der Waals surface area contributed by atoms with E-state index >= 15 is 0 Å². The van der Waals surface area contributed by atoms with Gasteiger partial charge in [0.05, 0.1) is 0 Å². The molecule has 0 unspecified atom stereocenters. The van der Waals surface area contributed by atoms with Crippen LogP contribution < -0.4 is 70.6 Å². The first-order chi connectivity index (χ1) is 5.94. The molecule has 0 radical (unpaired) electrons. The van der Waals surface area contributed by atoms with E-state index < -0.39 is 20.8 Å². The summed E-state index contributed by atoms with van der Waals surface area (Å²) in [4.78, 5) is 0. The van der Waals surface area contributed by atoms with Gasteiger partial charge in [-0.05, 0) is 12.2 Å².